The van der Waals surface area contributed by atoms with E-state index < -0.39 is 5.97 Å². The maximum absolute atomic E-state index is 13.4. The Kier molecular flexibility index (Phi) is 17.3. The van der Waals surface area contributed by atoms with E-state index in [1.54, 1.807) is 11.0 Å². The number of carbonyl (C=O) groups is 4. The number of nitrogens with one attached hydrogen (secondary N) is 2. The Labute approximate surface area is 401 Å². The molecule has 2 aliphatic heterocycles. The predicted molar refractivity (Wildman–Crippen MR) is 262 cm³/mol. The fraction of sp³-hybridized carbons (Fsp3) is 0.315. The number of anilines is 2. The van der Waals surface area contributed by atoms with Crippen LogP contribution in [0.2, 0.25) is 0 Å². The van der Waals surface area contributed by atoms with E-state index in [-0.39, 0.29) is 68.0 Å². The second kappa shape index (κ2) is 24.1. The van der Waals surface area contributed by atoms with Crippen LogP contribution in [0.5, 0.6) is 0 Å². The summed E-state index contributed by atoms with van der Waals surface area (Å²) in [4.78, 5) is 55.3. The van der Waals surface area contributed by atoms with Crippen molar-refractivity contribution in [2.75, 3.05) is 104 Å². The molecule has 0 saturated carbocycles. The molecular weight excluding hydrogens is 879 g/mol. The minimum Gasteiger partial charge on any atom is -0.545 e. The summed E-state index contributed by atoms with van der Waals surface area (Å²) in [6.45, 7) is 3.26. The number of ether oxygens (including phenoxy) is 4. The number of carboxylic acid groups (broad SMARTS) is 1. The zero-order valence-corrected chi connectivity index (χ0v) is 39.4. The third-order valence-electron chi connectivity index (χ3n) is 11.4. The van der Waals surface area contributed by atoms with Crippen LogP contribution in [-0.4, -0.2) is 118 Å². The van der Waals surface area contributed by atoms with Crippen LogP contribution in [0.25, 0.3) is 33.4 Å². The first-order valence-electron chi connectivity index (χ1n) is 22.9. The summed E-state index contributed by atoms with van der Waals surface area (Å²) in [5.41, 5.74) is 6.74. The molecule has 0 saturated heterocycles. The average Bonchev–Trinajstić information content (AvgIpc) is 3.34. The van der Waals surface area contributed by atoms with Gasteiger partial charge in [0.2, 0.25) is 17.2 Å². The van der Waals surface area contributed by atoms with E-state index in [1.807, 2.05) is 123 Å². The monoisotopic (exact) mass is 935 g/mol. The third kappa shape index (κ3) is 13.0. The molecule has 358 valence electrons. The van der Waals surface area contributed by atoms with Gasteiger partial charge in [-0.05, 0) is 59.7 Å². The summed E-state index contributed by atoms with van der Waals surface area (Å²) in [5.74, 6) is 4.92. The fourth-order valence-electron chi connectivity index (χ4n) is 7.79. The summed E-state index contributed by atoms with van der Waals surface area (Å²) in [7, 11) is 7.71. The molecule has 4 aromatic rings. The van der Waals surface area contributed by atoms with Crippen molar-refractivity contribution in [3.63, 3.8) is 0 Å². The Morgan fingerprint density at radius 1 is 0.710 bits per heavy atom. The highest BCUT2D eigenvalue weighted by Crippen LogP contribution is 2.42. The summed E-state index contributed by atoms with van der Waals surface area (Å²) in [6, 6.07) is 31.3. The maximum atomic E-state index is 13.4. The van der Waals surface area contributed by atoms with Crippen molar-refractivity contribution in [1.29, 1.82) is 0 Å². The highest BCUT2D eigenvalue weighted by Gasteiger charge is 2.24. The van der Waals surface area contributed by atoms with Gasteiger partial charge < -0.3 is 53.7 Å². The topological polar surface area (TPSA) is 175 Å². The number of hydrogen-bond acceptors (Lipinski definition) is 11. The van der Waals surface area contributed by atoms with Gasteiger partial charge in [-0.1, -0.05) is 48.2 Å². The Morgan fingerprint density at radius 3 is 2.12 bits per heavy atom. The smallest absolute Gasteiger partial charge is 0.251 e. The number of carbonyl (C=O) groups excluding carboxylic acids is 4. The van der Waals surface area contributed by atoms with Gasteiger partial charge in [0.05, 0.1) is 77.1 Å². The quantitative estimate of drug-likeness (QED) is 0.0430. The number of benzene rings is 5. The number of carboxylic acids is 1. The van der Waals surface area contributed by atoms with Gasteiger partial charge in [0.25, 0.3) is 5.91 Å². The third-order valence-corrected chi connectivity index (χ3v) is 11.4. The first-order chi connectivity index (χ1) is 33.5. The number of nitrogens with zero attached hydrogens (tertiary/aromatic N) is 3. The second-order valence-electron chi connectivity index (χ2n) is 16.6. The minimum atomic E-state index is -1.36. The van der Waals surface area contributed by atoms with Gasteiger partial charge in [-0.2, -0.15) is 0 Å². The Balaban J connectivity index is 0.766. The first-order valence-corrected chi connectivity index (χ1v) is 22.9. The molecule has 3 amide bonds. The Hall–Kier alpha value is -7.35. The summed E-state index contributed by atoms with van der Waals surface area (Å²) in [5, 5.41) is 19.8. The number of hydrogen-bond donors (Lipinski definition) is 2. The number of para-hydroxylation sites is 1. The van der Waals surface area contributed by atoms with Crippen LogP contribution < -0.4 is 35.5 Å². The molecule has 2 N–H and O–H groups in total. The molecule has 0 aromatic heterocycles. The average molecular weight is 936 g/mol. The first kappa shape index (κ1) is 49.6. The van der Waals surface area contributed by atoms with Crippen LogP contribution in [0.15, 0.2) is 108 Å². The molecule has 1 aliphatic carbocycles. The normalized spacial score (nSPS) is 11.7. The van der Waals surface area contributed by atoms with Gasteiger partial charge in [-0.3, -0.25) is 14.4 Å². The molecule has 4 aromatic carbocycles. The summed E-state index contributed by atoms with van der Waals surface area (Å²) in [6.07, 6.45) is 0.304. The molecule has 15 nitrogen and oxygen atoms in total. The van der Waals surface area contributed by atoms with Gasteiger partial charge in [0.1, 0.15) is 25.4 Å². The van der Waals surface area contributed by atoms with Crippen molar-refractivity contribution in [3.8, 4) is 34.3 Å². The zero-order chi connectivity index (χ0) is 48.7. The van der Waals surface area contributed by atoms with Crippen molar-refractivity contribution in [3.05, 3.63) is 136 Å². The van der Waals surface area contributed by atoms with Crippen molar-refractivity contribution >= 4 is 46.0 Å². The molecule has 15 heteroatoms. The highest BCUT2D eigenvalue weighted by molar-refractivity contribution is 6.09. The molecule has 0 atom stereocenters. The predicted octanol–water partition coefficient (Wildman–Crippen LogP) is 4.31. The number of aromatic carboxylic acids is 1. The molecule has 0 fully saturated rings. The largest absolute Gasteiger partial charge is 0.545 e. The Bertz CT molecular complexity index is 2910. The molecule has 0 unspecified atom stereocenters. The van der Waals surface area contributed by atoms with E-state index in [2.05, 4.69) is 22.5 Å². The summed E-state index contributed by atoms with van der Waals surface area (Å²) < 4.78 is 30.7. The minimum absolute atomic E-state index is 0.0502. The van der Waals surface area contributed by atoms with E-state index >= 15 is 0 Å². The van der Waals surface area contributed by atoms with E-state index in [0.717, 1.165) is 33.4 Å². The molecule has 69 heavy (non-hydrogen) atoms. The lowest BCUT2D eigenvalue weighted by Gasteiger charge is -2.26. The van der Waals surface area contributed by atoms with Gasteiger partial charge >= 0.3 is 0 Å². The molecular formula is C54H57N5O10. The number of amides is 3. The molecule has 7 rings (SSSR count). The standard InChI is InChI=1S/C54H57N5O10/c1-57(2)41-16-19-44-48(34-41)69-49-35-42(58(3)4)17-20-45(49)52(44)46-33-39(15-18-43(46)54(63)64)53(62)56-24-26-66-28-30-68-32-31-67-29-27-65-25-22-50(60)55-23-21-51(61)59-36-40-11-6-5-9-37(40)13-14-38-10-7-8-12-47(38)59/h5-12,15-20,33-35H,21-32,36H2,1-4H3,(H2-,55,56,60,62,63,64). The molecule has 2 heterocycles. The second-order valence-corrected chi connectivity index (χ2v) is 16.6. The van der Waals surface area contributed by atoms with Crippen molar-refractivity contribution in [2.45, 2.75) is 19.4 Å². The lowest BCUT2D eigenvalue weighted by Crippen LogP contribution is -2.35. The van der Waals surface area contributed by atoms with Gasteiger partial charge in [-0.15, -0.1) is 0 Å². The lowest BCUT2D eigenvalue weighted by molar-refractivity contribution is -0.255. The molecule has 3 aliphatic rings. The van der Waals surface area contributed by atoms with Gasteiger partial charge in [-0.25, -0.2) is 4.58 Å². The van der Waals surface area contributed by atoms with Gasteiger partial charge in [0.15, 0.2) is 0 Å². The maximum Gasteiger partial charge on any atom is 0.251 e. The molecule has 0 spiro atoms. The Morgan fingerprint density at radius 2 is 1.39 bits per heavy atom. The van der Waals surface area contributed by atoms with Crippen molar-refractivity contribution in [1.82, 2.24) is 15.2 Å². The van der Waals surface area contributed by atoms with Crippen LogP contribution in [-0.2, 0) is 35.1 Å². The van der Waals surface area contributed by atoms with Gasteiger partial charge in [0, 0.05) is 96.6 Å². The molecule has 0 radical (unpaired) electrons. The fourth-order valence-corrected chi connectivity index (χ4v) is 7.79. The van der Waals surface area contributed by atoms with Crippen LogP contribution in [0.3, 0.4) is 0 Å². The van der Waals surface area contributed by atoms with Crippen LogP contribution in [0.1, 0.15) is 50.2 Å². The number of fused-ring (bicyclic) bond motifs is 4. The van der Waals surface area contributed by atoms with E-state index in [4.69, 9.17) is 23.4 Å². The summed E-state index contributed by atoms with van der Waals surface area (Å²) >= 11 is 0. The van der Waals surface area contributed by atoms with Crippen LogP contribution in [0.4, 0.5) is 11.4 Å². The zero-order valence-electron chi connectivity index (χ0n) is 39.4. The highest BCUT2D eigenvalue weighted by atomic mass is 16.6. The van der Waals surface area contributed by atoms with E-state index in [9.17, 15) is 24.3 Å². The van der Waals surface area contributed by atoms with Crippen LogP contribution >= 0.6 is 0 Å². The lowest BCUT2D eigenvalue weighted by atomic mass is 9.89. The van der Waals surface area contributed by atoms with Crippen LogP contribution in [0, 0.1) is 11.8 Å². The van der Waals surface area contributed by atoms with E-state index in [1.165, 1.54) is 12.1 Å². The SMILES string of the molecule is CN(C)c1ccc2c(-c3cc(C(=O)NCCOCCOCCOCCOCCC(=O)NCCC(=O)N4Cc5ccccc5C#Cc5ccccc54)ccc3C(=O)[O-])c3ccc(=[N+](C)C)cc-3oc2c1. The molecule has 0 bridgehead atoms. The van der Waals surface area contributed by atoms with Crippen molar-refractivity contribution in [2.24, 2.45) is 0 Å². The van der Waals surface area contributed by atoms with Crippen molar-refractivity contribution < 1.29 is 47.6 Å². The number of rotatable bonds is 22. The van der Waals surface area contributed by atoms with E-state index in [0.29, 0.717) is 79.6 Å².